The van der Waals surface area contributed by atoms with Crippen molar-refractivity contribution in [1.29, 1.82) is 0 Å². The van der Waals surface area contributed by atoms with Crippen LogP contribution in [0.15, 0.2) is 39.2 Å². The van der Waals surface area contributed by atoms with E-state index in [0.717, 1.165) is 28.3 Å². The van der Waals surface area contributed by atoms with Crippen LogP contribution in [-0.4, -0.2) is 6.04 Å². The van der Waals surface area contributed by atoms with Gasteiger partial charge < -0.3 is 14.5 Å². The van der Waals surface area contributed by atoms with Gasteiger partial charge in [0.15, 0.2) is 0 Å². The Morgan fingerprint density at radius 2 is 2.20 bits per heavy atom. The molecule has 106 valence electrons. The maximum atomic E-state index is 5.85. The van der Waals surface area contributed by atoms with Gasteiger partial charge in [-0.3, -0.25) is 0 Å². The van der Waals surface area contributed by atoms with Crippen molar-refractivity contribution in [3.8, 4) is 5.75 Å². The van der Waals surface area contributed by atoms with Crippen molar-refractivity contribution in [3.63, 3.8) is 0 Å². The predicted octanol–water partition coefficient (Wildman–Crippen LogP) is 4.18. The van der Waals surface area contributed by atoms with Crippen LogP contribution in [0.1, 0.15) is 29.9 Å². The molecule has 1 aromatic carbocycles. The number of rotatable bonds is 6. The first-order valence-corrected chi connectivity index (χ1v) is 7.70. The first-order chi connectivity index (χ1) is 9.70. The summed E-state index contributed by atoms with van der Waals surface area (Å²) in [4.78, 5) is 0. The highest BCUT2D eigenvalue weighted by Gasteiger charge is 2.21. The smallest absolute Gasteiger partial charge is 0.146 e. The number of benzene rings is 1. The average Bonchev–Trinajstić information content (AvgIpc) is 3.18. The maximum absolute atomic E-state index is 5.85. The van der Waals surface area contributed by atoms with Gasteiger partial charge in [-0.2, -0.15) is 0 Å². The van der Waals surface area contributed by atoms with Crippen LogP contribution < -0.4 is 10.1 Å². The van der Waals surface area contributed by atoms with Gasteiger partial charge >= 0.3 is 0 Å². The van der Waals surface area contributed by atoms with Crippen molar-refractivity contribution in [2.24, 2.45) is 0 Å². The minimum absolute atomic E-state index is 0.459. The molecule has 0 spiro atoms. The molecule has 20 heavy (non-hydrogen) atoms. The van der Waals surface area contributed by atoms with Crippen LogP contribution in [0.3, 0.4) is 0 Å². The first kappa shape index (κ1) is 13.7. The van der Waals surface area contributed by atoms with E-state index in [2.05, 4.69) is 34.2 Å². The molecule has 0 bridgehead atoms. The Kier molecular flexibility index (Phi) is 4.13. The Morgan fingerprint density at radius 3 is 2.95 bits per heavy atom. The van der Waals surface area contributed by atoms with E-state index in [1.807, 2.05) is 24.3 Å². The summed E-state index contributed by atoms with van der Waals surface area (Å²) in [6.45, 7) is 3.35. The van der Waals surface area contributed by atoms with Crippen molar-refractivity contribution in [3.05, 3.63) is 51.9 Å². The third-order valence-electron chi connectivity index (χ3n) is 3.38. The fourth-order valence-corrected chi connectivity index (χ4v) is 2.45. The highest BCUT2D eigenvalue weighted by Crippen LogP contribution is 2.22. The van der Waals surface area contributed by atoms with E-state index in [-0.39, 0.29) is 0 Å². The Labute approximate surface area is 127 Å². The molecule has 1 N–H and O–H groups in total. The second-order valence-electron chi connectivity index (χ2n) is 5.22. The van der Waals surface area contributed by atoms with Gasteiger partial charge in [0.1, 0.15) is 23.9 Å². The van der Waals surface area contributed by atoms with Gasteiger partial charge in [-0.25, -0.2) is 0 Å². The number of aryl methyl sites for hydroxylation is 1. The lowest BCUT2D eigenvalue weighted by Gasteiger charge is -2.04. The largest absolute Gasteiger partial charge is 0.486 e. The van der Waals surface area contributed by atoms with E-state index in [0.29, 0.717) is 12.6 Å². The lowest BCUT2D eigenvalue weighted by Crippen LogP contribution is -2.15. The van der Waals surface area contributed by atoms with E-state index in [9.17, 15) is 0 Å². The van der Waals surface area contributed by atoms with Gasteiger partial charge in [0, 0.05) is 10.5 Å². The molecule has 0 unspecified atom stereocenters. The molecule has 1 aliphatic carbocycles. The first-order valence-electron chi connectivity index (χ1n) is 6.90. The normalized spacial score (nSPS) is 14.5. The molecule has 0 saturated heterocycles. The van der Waals surface area contributed by atoms with Gasteiger partial charge in [0.2, 0.25) is 0 Å². The van der Waals surface area contributed by atoms with E-state index < -0.39 is 0 Å². The molecule has 1 saturated carbocycles. The molecule has 0 atom stereocenters. The Hall–Kier alpha value is -1.26. The average molecular weight is 336 g/mol. The zero-order valence-electron chi connectivity index (χ0n) is 11.5. The lowest BCUT2D eigenvalue weighted by atomic mass is 10.2. The molecular weight excluding hydrogens is 318 g/mol. The molecule has 3 nitrogen and oxygen atoms in total. The van der Waals surface area contributed by atoms with Gasteiger partial charge in [-0.05, 0) is 49.6 Å². The van der Waals surface area contributed by atoms with E-state index in [1.165, 1.54) is 18.4 Å². The molecule has 4 heteroatoms. The van der Waals surface area contributed by atoms with Gasteiger partial charge in [0.25, 0.3) is 0 Å². The van der Waals surface area contributed by atoms with E-state index in [1.54, 1.807) is 0 Å². The van der Waals surface area contributed by atoms with Crippen LogP contribution in [-0.2, 0) is 13.2 Å². The quantitative estimate of drug-likeness (QED) is 0.859. The van der Waals surface area contributed by atoms with Crippen LogP contribution in [0.4, 0.5) is 0 Å². The van der Waals surface area contributed by atoms with Crippen LogP contribution in [0.2, 0.25) is 0 Å². The minimum Gasteiger partial charge on any atom is -0.486 e. The monoisotopic (exact) mass is 335 g/mol. The zero-order valence-corrected chi connectivity index (χ0v) is 13.1. The summed E-state index contributed by atoms with van der Waals surface area (Å²) in [6.07, 6.45) is 2.58. The van der Waals surface area contributed by atoms with Gasteiger partial charge in [0.05, 0.1) is 6.54 Å². The molecule has 0 aliphatic heterocycles. The van der Waals surface area contributed by atoms with Crippen molar-refractivity contribution < 1.29 is 9.15 Å². The van der Waals surface area contributed by atoms with Crippen molar-refractivity contribution in [1.82, 2.24) is 5.32 Å². The molecule has 0 radical (unpaired) electrons. The number of ether oxygens (including phenoxy) is 1. The summed E-state index contributed by atoms with van der Waals surface area (Å²) in [5, 5.41) is 3.47. The molecule has 3 rings (SSSR count). The molecule has 1 aromatic heterocycles. The summed E-state index contributed by atoms with van der Waals surface area (Å²) in [5.74, 6) is 2.73. The highest BCUT2D eigenvalue weighted by atomic mass is 79.9. The van der Waals surface area contributed by atoms with Crippen LogP contribution >= 0.6 is 15.9 Å². The predicted molar refractivity (Wildman–Crippen MR) is 81.8 cm³/mol. The summed E-state index contributed by atoms with van der Waals surface area (Å²) >= 11 is 3.43. The summed E-state index contributed by atoms with van der Waals surface area (Å²) in [5.41, 5.74) is 1.19. The second kappa shape index (κ2) is 6.02. The molecule has 1 aliphatic rings. The summed E-state index contributed by atoms with van der Waals surface area (Å²) in [6, 6.07) is 10.6. The Bertz CT molecular complexity index is 590. The lowest BCUT2D eigenvalue weighted by molar-refractivity contribution is 0.265. The number of halogens is 1. The SMILES string of the molecule is Cc1cc(COc2cccc(Br)c2)oc1CNC1CC1. The van der Waals surface area contributed by atoms with Gasteiger partial charge in [-0.15, -0.1) is 0 Å². The van der Waals surface area contributed by atoms with Crippen molar-refractivity contribution in [2.45, 2.75) is 39.0 Å². The third kappa shape index (κ3) is 3.64. The molecular formula is C16H18BrNO2. The second-order valence-corrected chi connectivity index (χ2v) is 6.14. The molecule has 2 aromatic rings. The summed E-state index contributed by atoms with van der Waals surface area (Å²) in [7, 11) is 0. The molecule has 0 amide bonds. The fraction of sp³-hybridized carbons (Fsp3) is 0.375. The highest BCUT2D eigenvalue weighted by molar-refractivity contribution is 9.10. The topological polar surface area (TPSA) is 34.4 Å². The molecule has 1 fully saturated rings. The Balaban J connectivity index is 1.58. The minimum atomic E-state index is 0.459. The zero-order chi connectivity index (χ0) is 13.9. The number of hydrogen-bond acceptors (Lipinski definition) is 3. The van der Waals surface area contributed by atoms with Crippen molar-refractivity contribution >= 4 is 15.9 Å². The van der Waals surface area contributed by atoms with Crippen molar-refractivity contribution in [2.75, 3.05) is 0 Å². The third-order valence-corrected chi connectivity index (χ3v) is 3.87. The van der Waals surface area contributed by atoms with Crippen LogP contribution in [0, 0.1) is 6.92 Å². The van der Waals surface area contributed by atoms with E-state index >= 15 is 0 Å². The molecule has 1 heterocycles. The standard InChI is InChI=1S/C16H18BrNO2/c1-11-7-15(20-16(11)9-18-13-5-6-13)10-19-14-4-2-3-12(17)8-14/h2-4,7-8,13,18H,5-6,9-10H2,1H3. The number of nitrogens with one attached hydrogen (secondary N) is 1. The van der Waals surface area contributed by atoms with Crippen LogP contribution in [0.25, 0.3) is 0 Å². The van der Waals surface area contributed by atoms with E-state index in [4.69, 9.17) is 9.15 Å². The van der Waals surface area contributed by atoms with Crippen LogP contribution in [0.5, 0.6) is 5.75 Å². The fourth-order valence-electron chi connectivity index (χ4n) is 2.07. The van der Waals surface area contributed by atoms with Gasteiger partial charge in [-0.1, -0.05) is 22.0 Å². The number of hydrogen-bond donors (Lipinski definition) is 1. The number of furan rings is 1. The summed E-state index contributed by atoms with van der Waals surface area (Å²) < 4.78 is 12.6. The maximum Gasteiger partial charge on any atom is 0.146 e. The Morgan fingerprint density at radius 1 is 1.35 bits per heavy atom.